The molecule has 0 aliphatic carbocycles. The minimum atomic E-state index is -3.45. The third kappa shape index (κ3) is 5.81. The molecule has 2 aromatic carbocycles. The standard InChI is InChI=1S/C17H17ClN2O4S/c1-3-9-24-14-6-4-5-13(11-14)19-17(21)12-7-8-16(15(18)10-12)20-25(2,22)23/h3-8,10-11,20H,1,9H2,2H3,(H,19,21). The van der Waals surface area contributed by atoms with Gasteiger partial charge in [-0.2, -0.15) is 0 Å². The molecule has 0 heterocycles. The Labute approximate surface area is 151 Å². The third-order valence-corrected chi connectivity index (χ3v) is 3.89. The number of ether oxygens (including phenoxy) is 1. The van der Waals surface area contributed by atoms with E-state index in [9.17, 15) is 13.2 Å². The van der Waals surface area contributed by atoms with Gasteiger partial charge in [0.2, 0.25) is 10.0 Å². The number of nitrogens with one attached hydrogen (secondary N) is 2. The summed E-state index contributed by atoms with van der Waals surface area (Å²) in [6, 6.07) is 11.2. The average Bonchev–Trinajstić information content (AvgIpc) is 2.54. The molecule has 1 amide bonds. The highest BCUT2D eigenvalue weighted by atomic mass is 35.5. The Bertz CT molecular complexity index is 897. The zero-order chi connectivity index (χ0) is 18.4. The Hall–Kier alpha value is -2.51. The summed E-state index contributed by atoms with van der Waals surface area (Å²) in [5, 5.41) is 2.85. The number of amides is 1. The van der Waals surface area contributed by atoms with Crippen LogP contribution in [0.5, 0.6) is 5.75 Å². The van der Waals surface area contributed by atoms with E-state index >= 15 is 0 Å². The first kappa shape index (κ1) is 18.8. The van der Waals surface area contributed by atoms with Gasteiger partial charge in [0.15, 0.2) is 0 Å². The third-order valence-electron chi connectivity index (χ3n) is 2.99. The van der Waals surface area contributed by atoms with E-state index in [4.69, 9.17) is 16.3 Å². The number of sulfonamides is 1. The van der Waals surface area contributed by atoms with Crippen molar-refractivity contribution in [2.24, 2.45) is 0 Å². The Morgan fingerprint density at radius 2 is 2.04 bits per heavy atom. The van der Waals surface area contributed by atoms with E-state index in [-0.39, 0.29) is 16.6 Å². The number of anilines is 2. The van der Waals surface area contributed by atoms with Gasteiger partial charge >= 0.3 is 0 Å². The van der Waals surface area contributed by atoms with Gasteiger partial charge in [0.05, 0.1) is 17.0 Å². The van der Waals surface area contributed by atoms with Gasteiger partial charge in [0, 0.05) is 17.3 Å². The maximum Gasteiger partial charge on any atom is 0.255 e. The van der Waals surface area contributed by atoms with Crippen LogP contribution in [0.25, 0.3) is 0 Å². The van der Waals surface area contributed by atoms with Gasteiger partial charge in [-0.15, -0.1) is 0 Å². The minimum Gasteiger partial charge on any atom is -0.489 e. The number of hydrogen-bond donors (Lipinski definition) is 2. The summed E-state index contributed by atoms with van der Waals surface area (Å²) in [5.74, 6) is 0.220. The van der Waals surface area contributed by atoms with Gasteiger partial charge < -0.3 is 10.1 Å². The molecule has 2 N–H and O–H groups in total. The molecule has 0 saturated heterocycles. The van der Waals surface area contributed by atoms with E-state index in [1.54, 1.807) is 30.3 Å². The second-order valence-electron chi connectivity index (χ2n) is 5.15. The van der Waals surface area contributed by atoms with Crippen LogP contribution < -0.4 is 14.8 Å². The lowest BCUT2D eigenvalue weighted by atomic mass is 10.2. The molecule has 0 aliphatic rings. The number of benzene rings is 2. The van der Waals surface area contributed by atoms with Crippen molar-refractivity contribution in [1.29, 1.82) is 0 Å². The maximum absolute atomic E-state index is 12.3. The molecule has 2 rings (SSSR count). The molecule has 0 spiro atoms. The van der Waals surface area contributed by atoms with Crippen LogP contribution in [0.1, 0.15) is 10.4 Å². The zero-order valence-corrected chi connectivity index (χ0v) is 15.0. The molecule has 0 unspecified atom stereocenters. The second kappa shape index (κ2) is 8.04. The summed E-state index contributed by atoms with van der Waals surface area (Å²) in [5.41, 5.74) is 1.06. The van der Waals surface area contributed by atoms with Gasteiger partial charge in [0.1, 0.15) is 12.4 Å². The van der Waals surface area contributed by atoms with E-state index in [0.717, 1.165) is 6.26 Å². The Morgan fingerprint density at radius 3 is 2.68 bits per heavy atom. The summed E-state index contributed by atoms with van der Waals surface area (Å²) in [7, 11) is -3.45. The molecule has 0 saturated carbocycles. The first-order chi connectivity index (χ1) is 11.8. The van der Waals surface area contributed by atoms with Gasteiger partial charge in [-0.3, -0.25) is 9.52 Å². The van der Waals surface area contributed by atoms with Crippen molar-refractivity contribution in [3.63, 3.8) is 0 Å². The van der Waals surface area contributed by atoms with Gasteiger partial charge in [-0.1, -0.05) is 30.3 Å². The lowest BCUT2D eigenvalue weighted by Crippen LogP contribution is -2.13. The predicted octanol–water partition coefficient (Wildman–Crippen LogP) is 3.53. The fraction of sp³-hybridized carbons (Fsp3) is 0.118. The van der Waals surface area contributed by atoms with Crippen LogP contribution in [-0.4, -0.2) is 27.2 Å². The molecule has 0 bridgehead atoms. The van der Waals surface area contributed by atoms with Crippen LogP contribution in [0.4, 0.5) is 11.4 Å². The topological polar surface area (TPSA) is 84.5 Å². The summed E-state index contributed by atoms with van der Waals surface area (Å²) < 4.78 is 30.2. The number of carbonyl (C=O) groups excluding carboxylic acids is 1. The molecular weight excluding hydrogens is 364 g/mol. The lowest BCUT2D eigenvalue weighted by molar-refractivity contribution is 0.102. The molecule has 0 aliphatic heterocycles. The Kier molecular flexibility index (Phi) is 6.06. The highest BCUT2D eigenvalue weighted by Gasteiger charge is 2.11. The number of rotatable bonds is 7. The molecular formula is C17H17ClN2O4S. The van der Waals surface area contributed by atoms with Crippen molar-refractivity contribution >= 4 is 38.9 Å². The fourth-order valence-corrected chi connectivity index (χ4v) is 2.82. The molecule has 0 aromatic heterocycles. The van der Waals surface area contributed by atoms with E-state index < -0.39 is 10.0 Å². The lowest BCUT2D eigenvalue weighted by Gasteiger charge is -2.10. The average molecular weight is 381 g/mol. The summed E-state index contributed by atoms with van der Waals surface area (Å²) >= 11 is 6.03. The van der Waals surface area contributed by atoms with Crippen molar-refractivity contribution in [2.45, 2.75) is 0 Å². The SMILES string of the molecule is C=CCOc1cccc(NC(=O)c2ccc(NS(C)(=O)=O)c(Cl)c2)c1. The molecule has 0 fully saturated rings. The van der Waals surface area contributed by atoms with E-state index in [2.05, 4.69) is 16.6 Å². The maximum atomic E-state index is 12.3. The monoisotopic (exact) mass is 380 g/mol. The molecule has 25 heavy (non-hydrogen) atoms. The predicted molar refractivity (Wildman–Crippen MR) is 100 cm³/mol. The normalized spacial score (nSPS) is 10.8. The minimum absolute atomic E-state index is 0.126. The largest absolute Gasteiger partial charge is 0.489 e. The summed E-state index contributed by atoms with van der Waals surface area (Å²) in [4.78, 5) is 12.3. The molecule has 8 heteroatoms. The Balaban J connectivity index is 2.13. The first-order valence-corrected chi connectivity index (χ1v) is 9.48. The first-order valence-electron chi connectivity index (χ1n) is 7.21. The van der Waals surface area contributed by atoms with Crippen molar-refractivity contribution in [2.75, 3.05) is 22.9 Å². The van der Waals surface area contributed by atoms with E-state index in [1.165, 1.54) is 18.2 Å². The molecule has 2 aromatic rings. The van der Waals surface area contributed by atoms with Gasteiger partial charge in [-0.05, 0) is 30.3 Å². The number of hydrogen-bond acceptors (Lipinski definition) is 4. The molecule has 6 nitrogen and oxygen atoms in total. The van der Waals surface area contributed by atoms with Crippen LogP contribution >= 0.6 is 11.6 Å². The van der Waals surface area contributed by atoms with Crippen LogP contribution in [0, 0.1) is 0 Å². The molecule has 132 valence electrons. The highest BCUT2D eigenvalue weighted by molar-refractivity contribution is 7.92. The fourth-order valence-electron chi connectivity index (χ4n) is 1.96. The van der Waals surface area contributed by atoms with Crippen LogP contribution in [0.2, 0.25) is 5.02 Å². The zero-order valence-electron chi connectivity index (χ0n) is 13.5. The number of halogens is 1. The van der Waals surface area contributed by atoms with Crippen molar-refractivity contribution in [3.05, 3.63) is 65.7 Å². The summed E-state index contributed by atoms with van der Waals surface area (Å²) in [6.45, 7) is 3.94. The second-order valence-corrected chi connectivity index (χ2v) is 7.31. The Morgan fingerprint density at radius 1 is 1.28 bits per heavy atom. The van der Waals surface area contributed by atoms with Gasteiger partial charge in [0.25, 0.3) is 5.91 Å². The molecule has 0 atom stereocenters. The van der Waals surface area contributed by atoms with Crippen LogP contribution in [-0.2, 0) is 10.0 Å². The van der Waals surface area contributed by atoms with Crippen molar-refractivity contribution in [3.8, 4) is 5.75 Å². The highest BCUT2D eigenvalue weighted by Crippen LogP contribution is 2.25. The quantitative estimate of drug-likeness (QED) is 0.719. The smallest absolute Gasteiger partial charge is 0.255 e. The summed E-state index contributed by atoms with van der Waals surface area (Å²) in [6.07, 6.45) is 2.64. The number of carbonyl (C=O) groups is 1. The molecule has 0 radical (unpaired) electrons. The van der Waals surface area contributed by atoms with Gasteiger partial charge in [-0.25, -0.2) is 8.42 Å². The van der Waals surface area contributed by atoms with Crippen molar-refractivity contribution in [1.82, 2.24) is 0 Å². The van der Waals surface area contributed by atoms with Crippen molar-refractivity contribution < 1.29 is 17.9 Å². The van der Waals surface area contributed by atoms with E-state index in [1.807, 2.05) is 0 Å². The van der Waals surface area contributed by atoms with E-state index in [0.29, 0.717) is 23.6 Å². The van der Waals surface area contributed by atoms with Crippen LogP contribution in [0.3, 0.4) is 0 Å². The van der Waals surface area contributed by atoms with Crippen LogP contribution in [0.15, 0.2) is 55.1 Å².